The molecule has 0 bridgehead atoms. The summed E-state index contributed by atoms with van der Waals surface area (Å²) in [5.41, 5.74) is 8.88. The molecular formula is C16H24Cl2N4O2. The van der Waals surface area contributed by atoms with E-state index in [1.54, 1.807) is 0 Å². The average Bonchev–Trinajstić information content (AvgIpc) is 3.02. The van der Waals surface area contributed by atoms with Gasteiger partial charge in [0.1, 0.15) is 5.82 Å². The minimum absolute atomic E-state index is 0. The third-order valence-electron chi connectivity index (χ3n) is 4.30. The van der Waals surface area contributed by atoms with E-state index in [-0.39, 0.29) is 42.7 Å². The molecule has 134 valence electrons. The number of aryl methyl sites for hydroxylation is 1. The number of hydrogen-bond acceptors (Lipinski definition) is 4. The summed E-state index contributed by atoms with van der Waals surface area (Å²) in [7, 11) is 0. The van der Waals surface area contributed by atoms with Crippen molar-refractivity contribution in [3.63, 3.8) is 0 Å². The van der Waals surface area contributed by atoms with Gasteiger partial charge in [-0.2, -0.15) is 0 Å². The molecule has 1 aromatic carbocycles. The Balaban J connectivity index is 0.00000144. The second-order valence-electron chi connectivity index (χ2n) is 6.14. The Hall–Kier alpha value is -1.34. The first kappa shape index (κ1) is 20.7. The van der Waals surface area contributed by atoms with Gasteiger partial charge in [0.2, 0.25) is 5.91 Å². The van der Waals surface area contributed by atoms with E-state index in [0.717, 1.165) is 16.9 Å². The van der Waals surface area contributed by atoms with Crippen LogP contribution in [0.2, 0.25) is 0 Å². The minimum Gasteiger partial charge on any atom is -0.391 e. The molecule has 0 spiro atoms. The van der Waals surface area contributed by atoms with Crippen LogP contribution in [0.15, 0.2) is 18.2 Å². The van der Waals surface area contributed by atoms with Gasteiger partial charge in [-0.1, -0.05) is 6.07 Å². The van der Waals surface area contributed by atoms with Crippen molar-refractivity contribution >= 4 is 41.8 Å². The Morgan fingerprint density at radius 3 is 2.83 bits per heavy atom. The normalized spacial score (nSPS) is 22.7. The molecule has 5 N–H and O–H groups in total. The number of carbonyl (C=O) groups excluding carboxylic acids is 1. The first-order valence-corrected chi connectivity index (χ1v) is 7.69. The van der Waals surface area contributed by atoms with E-state index in [0.29, 0.717) is 25.8 Å². The van der Waals surface area contributed by atoms with E-state index < -0.39 is 6.10 Å². The highest BCUT2D eigenvalue weighted by molar-refractivity contribution is 5.85. The zero-order chi connectivity index (χ0) is 15.7. The van der Waals surface area contributed by atoms with Crippen molar-refractivity contribution in [1.82, 2.24) is 15.3 Å². The monoisotopic (exact) mass is 374 g/mol. The highest BCUT2D eigenvalue weighted by Crippen LogP contribution is 2.24. The zero-order valence-electron chi connectivity index (χ0n) is 13.5. The summed E-state index contributed by atoms with van der Waals surface area (Å²) in [5, 5.41) is 12.5. The van der Waals surface area contributed by atoms with Crippen molar-refractivity contribution in [2.24, 2.45) is 11.7 Å². The molecule has 1 aliphatic carbocycles. The number of fused-ring (bicyclic) bond motifs is 1. The Labute approximate surface area is 153 Å². The number of aromatic nitrogens is 2. The second kappa shape index (κ2) is 8.67. The van der Waals surface area contributed by atoms with Gasteiger partial charge in [0.05, 0.1) is 17.1 Å². The van der Waals surface area contributed by atoms with E-state index in [2.05, 4.69) is 21.4 Å². The number of aliphatic hydroxyl groups is 1. The first-order valence-electron chi connectivity index (χ1n) is 7.69. The molecular weight excluding hydrogens is 351 g/mol. The third-order valence-corrected chi connectivity index (χ3v) is 4.30. The predicted octanol–water partition coefficient (Wildman–Crippen LogP) is 1.47. The van der Waals surface area contributed by atoms with Crippen LogP contribution in [-0.2, 0) is 11.2 Å². The molecule has 0 unspecified atom stereocenters. The van der Waals surface area contributed by atoms with E-state index in [9.17, 15) is 9.90 Å². The summed E-state index contributed by atoms with van der Waals surface area (Å²) >= 11 is 0. The Bertz CT molecular complexity index is 682. The summed E-state index contributed by atoms with van der Waals surface area (Å²) in [6.07, 6.45) is 1.10. The Morgan fingerprint density at radius 2 is 2.17 bits per heavy atom. The van der Waals surface area contributed by atoms with Crippen LogP contribution in [0.25, 0.3) is 11.0 Å². The van der Waals surface area contributed by atoms with Crippen molar-refractivity contribution in [2.75, 3.05) is 6.54 Å². The van der Waals surface area contributed by atoms with Crippen LogP contribution < -0.4 is 11.1 Å². The van der Waals surface area contributed by atoms with Crippen molar-refractivity contribution in [1.29, 1.82) is 0 Å². The van der Waals surface area contributed by atoms with Gasteiger partial charge in [-0.15, -0.1) is 24.8 Å². The molecule has 0 saturated heterocycles. The smallest absolute Gasteiger partial charge is 0.223 e. The van der Waals surface area contributed by atoms with Crippen LogP contribution in [0, 0.1) is 12.8 Å². The fourth-order valence-corrected chi connectivity index (χ4v) is 3.01. The average molecular weight is 375 g/mol. The number of nitrogens with two attached hydrogens (primary N) is 1. The molecule has 1 aromatic heterocycles. The zero-order valence-corrected chi connectivity index (χ0v) is 15.1. The maximum atomic E-state index is 12.0. The number of rotatable bonds is 4. The van der Waals surface area contributed by atoms with Crippen LogP contribution >= 0.6 is 24.8 Å². The van der Waals surface area contributed by atoms with Crippen LogP contribution in [0.5, 0.6) is 0 Å². The number of aliphatic hydroxyl groups excluding tert-OH is 1. The topological polar surface area (TPSA) is 104 Å². The summed E-state index contributed by atoms with van der Waals surface area (Å²) < 4.78 is 0. The fourth-order valence-electron chi connectivity index (χ4n) is 3.01. The van der Waals surface area contributed by atoms with E-state index >= 15 is 0 Å². The van der Waals surface area contributed by atoms with Crippen molar-refractivity contribution in [3.8, 4) is 0 Å². The minimum atomic E-state index is -0.561. The van der Waals surface area contributed by atoms with Crippen LogP contribution in [0.4, 0.5) is 0 Å². The van der Waals surface area contributed by atoms with Crippen LogP contribution in [0.1, 0.15) is 24.2 Å². The molecule has 6 nitrogen and oxygen atoms in total. The van der Waals surface area contributed by atoms with E-state index in [1.165, 1.54) is 5.56 Å². The summed E-state index contributed by atoms with van der Waals surface area (Å²) in [6, 6.07) is 5.80. The van der Waals surface area contributed by atoms with Gasteiger partial charge in [0.15, 0.2) is 0 Å². The molecule has 3 atom stereocenters. The number of nitrogens with one attached hydrogen (secondary N) is 2. The second-order valence-corrected chi connectivity index (χ2v) is 6.14. The quantitative estimate of drug-likeness (QED) is 0.650. The van der Waals surface area contributed by atoms with Gasteiger partial charge >= 0.3 is 0 Å². The van der Waals surface area contributed by atoms with Crippen molar-refractivity contribution in [2.45, 2.75) is 38.3 Å². The predicted molar refractivity (Wildman–Crippen MR) is 98.7 cm³/mol. The lowest BCUT2D eigenvalue weighted by Crippen LogP contribution is -2.32. The standard InChI is InChI=1S/C16H22N4O2.2ClH/c1-9-2-3-12-13(6-9)20-15(19-12)4-5-18-16(22)10-7-11(17)14(21)8-10;;/h2-3,6,10-11,14,21H,4-5,7-8,17H2,1H3,(H,18,22)(H,19,20);2*1H/t10-,11+,14+;;/m0../s1. The number of imidazole rings is 1. The lowest BCUT2D eigenvalue weighted by atomic mass is 10.1. The molecule has 3 rings (SSSR count). The molecule has 1 heterocycles. The van der Waals surface area contributed by atoms with Gasteiger partial charge in [-0.05, 0) is 37.5 Å². The van der Waals surface area contributed by atoms with Gasteiger partial charge in [0, 0.05) is 24.9 Å². The summed E-state index contributed by atoms with van der Waals surface area (Å²) in [5.74, 6) is 0.659. The number of nitrogens with zero attached hydrogens (tertiary/aromatic N) is 1. The van der Waals surface area contributed by atoms with E-state index in [1.807, 2.05) is 19.1 Å². The molecule has 1 fully saturated rings. The van der Waals surface area contributed by atoms with Crippen LogP contribution in [-0.4, -0.2) is 39.7 Å². The van der Waals surface area contributed by atoms with Gasteiger partial charge in [0.25, 0.3) is 0 Å². The summed E-state index contributed by atoms with van der Waals surface area (Å²) in [4.78, 5) is 19.8. The Morgan fingerprint density at radius 1 is 1.42 bits per heavy atom. The third kappa shape index (κ3) is 4.60. The number of H-pyrrole nitrogens is 1. The maximum Gasteiger partial charge on any atom is 0.223 e. The SMILES string of the molecule is Cc1ccc2nc(CCNC(=O)[C@H]3C[C@@H](N)[C@H](O)C3)[nH]c2c1.Cl.Cl. The molecule has 2 aromatic rings. The fraction of sp³-hybridized carbons (Fsp3) is 0.500. The highest BCUT2D eigenvalue weighted by Gasteiger charge is 2.34. The molecule has 0 aliphatic heterocycles. The number of hydrogen-bond donors (Lipinski definition) is 4. The van der Waals surface area contributed by atoms with E-state index in [4.69, 9.17) is 5.73 Å². The number of benzene rings is 1. The molecule has 1 amide bonds. The lowest BCUT2D eigenvalue weighted by Gasteiger charge is -2.09. The largest absolute Gasteiger partial charge is 0.391 e. The molecule has 24 heavy (non-hydrogen) atoms. The number of amides is 1. The van der Waals surface area contributed by atoms with Crippen molar-refractivity contribution in [3.05, 3.63) is 29.6 Å². The van der Waals surface area contributed by atoms with Gasteiger partial charge in [-0.25, -0.2) is 4.98 Å². The molecule has 0 radical (unpaired) electrons. The summed E-state index contributed by atoms with van der Waals surface area (Å²) in [6.45, 7) is 2.57. The Kier molecular flexibility index (Phi) is 7.48. The lowest BCUT2D eigenvalue weighted by molar-refractivity contribution is -0.125. The molecule has 1 aliphatic rings. The van der Waals surface area contributed by atoms with Gasteiger partial charge < -0.3 is 21.1 Å². The number of aromatic amines is 1. The van der Waals surface area contributed by atoms with Crippen molar-refractivity contribution < 1.29 is 9.90 Å². The highest BCUT2D eigenvalue weighted by atomic mass is 35.5. The van der Waals surface area contributed by atoms with Crippen LogP contribution in [0.3, 0.4) is 0 Å². The molecule has 1 saturated carbocycles. The molecule has 8 heteroatoms. The number of carbonyl (C=O) groups is 1. The van der Waals surface area contributed by atoms with Gasteiger partial charge in [-0.3, -0.25) is 4.79 Å². The number of halogens is 2. The maximum absolute atomic E-state index is 12.0. The first-order chi connectivity index (χ1) is 10.5.